The average molecular weight is 514 g/mol. The van der Waals surface area contributed by atoms with Crippen LogP contribution in [0.5, 0.6) is 11.5 Å². The zero-order valence-electron chi connectivity index (χ0n) is 18.5. The molecule has 0 N–H and O–H groups in total. The first-order valence-electron chi connectivity index (χ1n) is 10.4. The van der Waals surface area contributed by atoms with Crippen LogP contribution in [-0.4, -0.2) is 23.2 Å². The van der Waals surface area contributed by atoms with Gasteiger partial charge in [-0.1, -0.05) is 65.2 Å². The molecule has 0 bridgehead atoms. The molecule has 0 spiro atoms. The largest absolute Gasteiger partial charge is 0.493 e. The first-order valence-corrected chi connectivity index (χ1v) is 12.0. The predicted octanol–water partition coefficient (Wildman–Crippen LogP) is 7.13. The number of imide groups is 1. The van der Waals surface area contributed by atoms with Gasteiger partial charge in [0.2, 0.25) is 0 Å². The van der Waals surface area contributed by atoms with Crippen molar-refractivity contribution in [3.05, 3.63) is 97.9 Å². The Morgan fingerprint density at radius 3 is 2.56 bits per heavy atom. The Morgan fingerprint density at radius 2 is 1.82 bits per heavy atom. The molecule has 1 fully saturated rings. The summed E-state index contributed by atoms with van der Waals surface area (Å²) in [6.07, 6.45) is 1.68. The third-order valence-electron chi connectivity index (χ3n) is 5.18. The van der Waals surface area contributed by atoms with E-state index in [1.807, 2.05) is 31.2 Å². The van der Waals surface area contributed by atoms with Crippen molar-refractivity contribution in [2.45, 2.75) is 20.1 Å². The third-order valence-corrected chi connectivity index (χ3v) is 6.67. The Morgan fingerprint density at radius 1 is 1.00 bits per heavy atom. The molecule has 1 aliphatic heterocycles. The Hall–Kier alpha value is -2.93. The molecule has 0 saturated carbocycles. The van der Waals surface area contributed by atoms with Crippen molar-refractivity contribution in [1.29, 1.82) is 0 Å². The number of benzene rings is 3. The minimum Gasteiger partial charge on any atom is -0.493 e. The lowest BCUT2D eigenvalue weighted by atomic mass is 10.1. The van der Waals surface area contributed by atoms with E-state index in [2.05, 4.69) is 0 Å². The molecule has 1 aliphatic rings. The summed E-state index contributed by atoms with van der Waals surface area (Å²) >= 11 is 13.1. The highest BCUT2D eigenvalue weighted by Crippen LogP contribution is 2.36. The highest BCUT2D eigenvalue weighted by Gasteiger charge is 2.35. The second kappa shape index (κ2) is 10.6. The minimum atomic E-state index is -0.317. The van der Waals surface area contributed by atoms with Gasteiger partial charge in [-0.2, -0.15) is 0 Å². The van der Waals surface area contributed by atoms with Gasteiger partial charge in [-0.05, 0) is 60.2 Å². The van der Waals surface area contributed by atoms with E-state index in [0.29, 0.717) is 32.0 Å². The maximum atomic E-state index is 12.9. The van der Waals surface area contributed by atoms with Gasteiger partial charge in [0.15, 0.2) is 11.5 Å². The zero-order chi connectivity index (χ0) is 24.2. The molecular weight excluding hydrogens is 493 g/mol. The predicted molar refractivity (Wildman–Crippen MR) is 136 cm³/mol. The molecular formula is C26H21Cl2NO4S. The van der Waals surface area contributed by atoms with Gasteiger partial charge in [-0.3, -0.25) is 14.5 Å². The number of carbonyl (C=O) groups excluding carboxylic acids is 2. The molecule has 0 aromatic heterocycles. The van der Waals surface area contributed by atoms with Gasteiger partial charge in [-0.25, -0.2) is 0 Å². The summed E-state index contributed by atoms with van der Waals surface area (Å²) in [5.41, 5.74) is 3.46. The second-order valence-electron chi connectivity index (χ2n) is 7.69. The fourth-order valence-electron chi connectivity index (χ4n) is 3.47. The summed E-state index contributed by atoms with van der Waals surface area (Å²) in [5.74, 6) is 0.707. The third kappa shape index (κ3) is 5.58. The van der Waals surface area contributed by atoms with Gasteiger partial charge in [-0.15, -0.1) is 0 Å². The number of thioether (sulfide) groups is 1. The number of ether oxygens (including phenoxy) is 2. The number of methoxy groups -OCH3 is 1. The van der Waals surface area contributed by atoms with E-state index in [1.54, 1.807) is 49.6 Å². The molecule has 0 atom stereocenters. The molecule has 2 amide bonds. The highest BCUT2D eigenvalue weighted by molar-refractivity contribution is 8.18. The molecule has 0 radical (unpaired) electrons. The first kappa shape index (κ1) is 24.2. The number of hydrogen-bond acceptors (Lipinski definition) is 5. The molecule has 1 saturated heterocycles. The summed E-state index contributed by atoms with van der Waals surface area (Å²) < 4.78 is 11.4. The molecule has 1 heterocycles. The van der Waals surface area contributed by atoms with E-state index in [4.69, 9.17) is 32.7 Å². The fraction of sp³-hybridized carbons (Fsp3) is 0.154. The van der Waals surface area contributed by atoms with E-state index in [1.165, 1.54) is 4.90 Å². The van der Waals surface area contributed by atoms with Crippen molar-refractivity contribution in [1.82, 2.24) is 4.90 Å². The zero-order valence-corrected chi connectivity index (χ0v) is 20.8. The lowest BCUT2D eigenvalue weighted by Gasteiger charge is -2.13. The number of halogens is 2. The molecule has 3 aromatic rings. The van der Waals surface area contributed by atoms with Crippen molar-refractivity contribution in [2.75, 3.05) is 7.11 Å². The van der Waals surface area contributed by atoms with Crippen LogP contribution < -0.4 is 9.47 Å². The van der Waals surface area contributed by atoms with Crippen LogP contribution in [0.4, 0.5) is 4.79 Å². The van der Waals surface area contributed by atoms with Gasteiger partial charge < -0.3 is 9.47 Å². The van der Waals surface area contributed by atoms with Crippen LogP contribution in [-0.2, 0) is 17.9 Å². The lowest BCUT2D eigenvalue weighted by molar-refractivity contribution is -0.123. The second-order valence-corrected chi connectivity index (χ2v) is 9.53. The molecule has 34 heavy (non-hydrogen) atoms. The van der Waals surface area contributed by atoms with Gasteiger partial charge >= 0.3 is 0 Å². The van der Waals surface area contributed by atoms with Crippen molar-refractivity contribution < 1.29 is 19.1 Å². The van der Waals surface area contributed by atoms with Crippen LogP contribution in [0.25, 0.3) is 6.08 Å². The Balaban J connectivity index is 1.53. The monoisotopic (exact) mass is 513 g/mol. The summed E-state index contributed by atoms with van der Waals surface area (Å²) in [5, 5.41) is 0.759. The maximum absolute atomic E-state index is 12.9. The summed E-state index contributed by atoms with van der Waals surface area (Å²) in [6.45, 7) is 2.42. The Kier molecular flexibility index (Phi) is 7.51. The van der Waals surface area contributed by atoms with Gasteiger partial charge in [0, 0.05) is 15.6 Å². The van der Waals surface area contributed by atoms with Crippen LogP contribution in [0.2, 0.25) is 10.0 Å². The van der Waals surface area contributed by atoms with E-state index in [0.717, 1.165) is 28.5 Å². The maximum Gasteiger partial charge on any atom is 0.293 e. The van der Waals surface area contributed by atoms with E-state index in [-0.39, 0.29) is 24.3 Å². The number of carbonyl (C=O) groups is 2. The van der Waals surface area contributed by atoms with E-state index < -0.39 is 0 Å². The summed E-state index contributed by atoms with van der Waals surface area (Å²) in [4.78, 5) is 27.1. The van der Waals surface area contributed by atoms with Crippen molar-refractivity contribution >= 4 is 52.2 Å². The lowest BCUT2D eigenvalue weighted by Crippen LogP contribution is -2.27. The number of hydrogen-bond donors (Lipinski definition) is 0. The van der Waals surface area contributed by atoms with E-state index >= 15 is 0 Å². The smallest absolute Gasteiger partial charge is 0.293 e. The SMILES string of the molecule is COc1ccc(/C=C2\SC(=O)N(Cc3cccc(C)c3)C2=O)cc1OCc1ccc(Cl)cc1Cl. The van der Waals surface area contributed by atoms with Crippen LogP contribution in [0.3, 0.4) is 0 Å². The van der Waals surface area contributed by atoms with Gasteiger partial charge in [0.1, 0.15) is 6.61 Å². The first-order chi connectivity index (χ1) is 16.3. The molecule has 0 unspecified atom stereocenters. The number of amides is 2. The molecule has 0 aliphatic carbocycles. The van der Waals surface area contributed by atoms with Crippen molar-refractivity contribution in [3.8, 4) is 11.5 Å². The topological polar surface area (TPSA) is 55.8 Å². The quantitative estimate of drug-likeness (QED) is 0.314. The van der Waals surface area contributed by atoms with Crippen LogP contribution in [0.1, 0.15) is 22.3 Å². The average Bonchev–Trinajstić information content (AvgIpc) is 3.06. The van der Waals surface area contributed by atoms with Crippen molar-refractivity contribution in [2.24, 2.45) is 0 Å². The normalized spacial score (nSPS) is 14.7. The molecule has 4 rings (SSSR count). The molecule has 174 valence electrons. The van der Waals surface area contributed by atoms with Crippen LogP contribution >= 0.6 is 35.0 Å². The molecule has 3 aromatic carbocycles. The molecule has 8 heteroatoms. The Bertz CT molecular complexity index is 1290. The summed E-state index contributed by atoms with van der Waals surface area (Å²) in [6, 6.07) is 18.3. The van der Waals surface area contributed by atoms with Crippen LogP contribution in [0.15, 0.2) is 65.6 Å². The number of aryl methyl sites for hydroxylation is 1. The van der Waals surface area contributed by atoms with E-state index in [9.17, 15) is 9.59 Å². The number of rotatable bonds is 7. The van der Waals surface area contributed by atoms with Crippen molar-refractivity contribution in [3.63, 3.8) is 0 Å². The Labute approximate surface area is 212 Å². The molecule has 5 nitrogen and oxygen atoms in total. The highest BCUT2D eigenvalue weighted by atomic mass is 35.5. The standard InChI is InChI=1S/C26H21Cl2NO4S/c1-16-4-3-5-18(10-16)14-29-25(30)24(34-26(29)31)12-17-6-9-22(32-2)23(11-17)33-15-19-7-8-20(27)13-21(19)28/h3-13H,14-15H2,1-2H3/b24-12-. The fourth-order valence-corrected chi connectivity index (χ4v) is 4.77. The minimum absolute atomic E-state index is 0.211. The number of nitrogens with zero attached hydrogens (tertiary/aromatic N) is 1. The van der Waals surface area contributed by atoms with Crippen LogP contribution in [0, 0.1) is 6.92 Å². The van der Waals surface area contributed by atoms with Gasteiger partial charge in [0.05, 0.1) is 18.6 Å². The summed E-state index contributed by atoms with van der Waals surface area (Å²) in [7, 11) is 1.55. The van der Waals surface area contributed by atoms with Gasteiger partial charge in [0.25, 0.3) is 11.1 Å².